The van der Waals surface area contributed by atoms with E-state index in [-0.39, 0.29) is 18.3 Å². The molecule has 1 aromatic carbocycles. The van der Waals surface area contributed by atoms with Crippen molar-refractivity contribution in [1.29, 1.82) is 0 Å². The molecule has 104 valence electrons. The maximum atomic E-state index is 13.4. The SMILES string of the molecule is CCc1cc[n+](CC(=O)Nc2ccc(C)c(F)c2)cc1. The molecule has 20 heavy (non-hydrogen) atoms. The minimum absolute atomic E-state index is 0.178. The zero-order valence-corrected chi connectivity index (χ0v) is 11.7. The van der Waals surface area contributed by atoms with E-state index in [1.54, 1.807) is 23.6 Å². The number of carbonyl (C=O) groups excluding carboxylic acids is 1. The number of aromatic nitrogens is 1. The van der Waals surface area contributed by atoms with E-state index in [4.69, 9.17) is 0 Å². The Labute approximate surface area is 118 Å². The number of nitrogens with one attached hydrogen (secondary N) is 1. The maximum Gasteiger partial charge on any atom is 0.290 e. The summed E-state index contributed by atoms with van der Waals surface area (Å²) >= 11 is 0. The third kappa shape index (κ3) is 3.63. The minimum atomic E-state index is -0.317. The highest BCUT2D eigenvalue weighted by Crippen LogP contribution is 2.13. The Morgan fingerprint density at radius 3 is 2.55 bits per heavy atom. The summed E-state index contributed by atoms with van der Waals surface area (Å²) in [5.74, 6) is -0.495. The van der Waals surface area contributed by atoms with E-state index in [1.807, 2.05) is 24.5 Å². The molecule has 0 fully saturated rings. The second-order valence-corrected chi connectivity index (χ2v) is 4.74. The molecule has 0 aliphatic carbocycles. The highest BCUT2D eigenvalue weighted by molar-refractivity contribution is 5.89. The van der Waals surface area contributed by atoms with E-state index in [9.17, 15) is 9.18 Å². The van der Waals surface area contributed by atoms with Gasteiger partial charge in [0.1, 0.15) is 5.82 Å². The van der Waals surface area contributed by atoms with Crippen molar-refractivity contribution in [3.63, 3.8) is 0 Å². The highest BCUT2D eigenvalue weighted by Gasteiger charge is 2.10. The summed E-state index contributed by atoms with van der Waals surface area (Å²) in [7, 11) is 0. The Morgan fingerprint density at radius 1 is 1.25 bits per heavy atom. The number of halogens is 1. The monoisotopic (exact) mass is 273 g/mol. The van der Waals surface area contributed by atoms with Crippen LogP contribution in [0.5, 0.6) is 0 Å². The summed E-state index contributed by atoms with van der Waals surface area (Å²) in [5.41, 5.74) is 2.26. The van der Waals surface area contributed by atoms with Gasteiger partial charge in [-0.3, -0.25) is 4.79 Å². The molecule has 0 spiro atoms. The third-order valence-corrected chi connectivity index (χ3v) is 3.15. The molecule has 1 aromatic heterocycles. The van der Waals surface area contributed by atoms with Crippen molar-refractivity contribution < 1.29 is 13.8 Å². The van der Waals surface area contributed by atoms with E-state index in [0.29, 0.717) is 11.3 Å². The van der Waals surface area contributed by atoms with Crippen LogP contribution in [-0.4, -0.2) is 5.91 Å². The van der Waals surface area contributed by atoms with Crippen molar-refractivity contribution in [2.24, 2.45) is 0 Å². The summed E-state index contributed by atoms with van der Waals surface area (Å²) < 4.78 is 15.2. The second-order valence-electron chi connectivity index (χ2n) is 4.74. The number of benzene rings is 1. The molecule has 0 saturated heterocycles. The van der Waals surface area contributed by atoms with Gasteiger partial charge in [-0.2, -0.15) is 4.57 Å². The van der Waals surface area contributed by atoms with Crippen LogP contribution in [0.1, 0.15) is 18.1 Å². The molecular weight excluding hydrogens is 255 g/mol. The van der Waals surface area contributed by atoms with Crippen molar-refractivity contribution >= 4 is 11.6 Å². The summed E-state index contributed by atoms with van der Waals surface area (Å²) in [6, 6.07) is 8.64. The molecule has 0 unspecified atom stereocenters. The first-order valence-electron chi connectivity index (χ1n) is 6.62. The fraction of sp³-hybridized carbons (Fsp3) is 0.250. The molecule has 1 N–H and O–H groups in total. The summed E-state index contributed by atoms with van der Waals surface area (Å²) in [6.07, 6.45) is 4.71. The number of amides is 1. The lowest BCUT2D eigenvalue weighted by Crippen LogP contribution is -2.39. The molecule has 0 saturated carbocycles. The quantitative estimate of drug-likeness (QED) is 0.853. The first-order chi connectivity index (χ1) is 9.58. The van der Waals surface area contributed by atoms with Crippen LogP contribution in [0.3, 0.4) is 0 Å². The van der Waals surface area contributed by atoms with Crippen LogP contribution >= 0.6 is 0 Å². The molecule has 0 aliphatic rings. The van der Waals surface area contributed by atoms with E-state index in [0.717, 1.165) is 6.42 Å². The number of nitrogens with zero attached hydrogens (tertiary/aromatic N) is 1. The Kier molecular flexibility index (Phi) is 4.45. The molecule has 1 heterocycles. The van der Waals surface area contributed by atoms with Gasteiger partial charge < -0.3 is 5.32 Å². The number of rotatable bonds is 4. The molecule has 2 rings (SSSR count). The van der Waals surface area contributed by atoms with Crippen molar-refractivity contribution in [2.75, 3.05) is 5.32 Å². The largest absolute Gasteiger partial charge is 0.320 e. The smallest absolute Gasteiger partial charge is 0.290 e. The summed E-state index contributed by atoms with van der Waals surface area (Å²) in [5, 5.41) is 2.69. The van der Waals surface area contributed by atoms with Gasteiger partial charge in [0.15, 0.2) is 12.4 Å². The topological polar surface area (TPSA) is 33.0 Å². The maximum absolute atomic E-state index is 13.4. The van der Waals surface area contributed by atoms with Gasteiger partial charge in [-0.15, -0.1) is 0 Å². The Bertz CT molecular complexity index is 608. The summed E-state index contributed by atoms with van der Waals surface area (Å²) in [4.78, 5) is 11.9. The van der Waals surface area contributed by atoms with Crippen LogP contribution in [0, 0.1) is 12.7 Å². The molecule has 4 heteroatoms. The van der Waals surface area contributed by atoms with Gasteiger partial charge in [-0.05, 0) is 36.6 Å². The Balaban J connectivity index is 1.99. The molecule has 0 radical (unpaired) electrons. The van der Waals surface area contributed by atoms with E-state index in [2.05, 4.69) is 12.2 Å². The molecule has 0 aliphatic heterocycles. The van der Waals surface area contributed by atoms with Gasteiger partial charge in [-0.1, -0.05) is 13.0 Å². The predicted molar refractivity (Wildman–Crippen MR) is 75.8 cm³/mol. The van der Waals surface area contributed by atoms with Crippen LogP contribution in [-0.2, 0) is 17.8 Å². The van der Waals surface area contributed by atoms with Crippen LogP contribution < -0.4 is 9.88 Å². The third-order valence-electron chi connectivity index (χ3n) is 3.15. The van der Waals surface area contributed by atoms with E-state index in [1.165, 1.54) is 11.6 Å². The number of aryl methyl sites for hydroxylation is 2. The van der Waals surface area contributed by atoms with Gasteiger partial charge >= 0.3 is 0 Å². The molecule has 3 nitrogen and oxygen atoms in total. The van der Waals surface area contributed by atoms with Gasteiger partial charge in [0.2, 0.25) is 6.54 Å². The first kappa shape index (κ1) is 14.2. The molecule has 0 atom stereocenters. The number of hydrogen-bond donors (Lipinski definition) is 1. The van der Waals surface area contributed by atoms with Crippen molar-refractivity contribution in [3.05, 3.63) is 59.7 Å². The molecule has 2 aromatic rings. The fourth-order valence-electron chi connectivity index (χ4n) is 1.87. The average molecular weight is 273 g/mol. The number of anilines is 1. The Morgan fingerprint density at radius 2 is 1.95 bits per heavy atom. The number of carbonyl (C=O) groups is 1. The fourth-order valence-corrected chi connectivity index (χ4v) is 1.87. The molecule has 1 amide bonds. The minimum Gasteiger partial charge on any atom is -0.320 e. The van der Waals surface area contributed by atoms with E-state index >= 15 is 0 Å². The second kappa shape index (κ2) is 6.28. The number of pyridine rings is 1. The molecule has 0 bridgehead atoms. The van der Waals surface area contributed by atoms with Crippen molar-refractivity contribution in [1.82, 2.24) is 0 Å². The first-order valence-corrected chi connectivity index (χ1v) is 6.62. The average Bonchev–Trinajstić information content (AvgIpc) is 2.44. The lowest BCUT2D eigenvalue weighted by atomic mass is 10.2. The summed E-state index contributed by atoms with van der Waals surface area (Å²) in [6.45, 7) is 3.98. The Hall–Kier alpha value is -2.23. The van der Waals surface area contributed by atoms with Crippen molar-refractivity contribution in [2.45, 2.75) is 26.8 Å². The van der Waals surface area contributed by atoms with Crippen LogP contribution in [0.4, 0.5) is 10.1 Å². The van der Waals surface area contributed by atoms with Gasteiger partial charge in [0.05, 0.1) is 0 Å². The lowest BCUT2D eigenvalue weighted by molar-refractivity contribution is -0.684. The zero-order chi connectivity index (χ0) is 14.5. The normalized spacial score (nSPS) is 10.3. The zero-order valence-electron chi connectivity index (χ0n) is 11.7. The van der Waals surface area contributed by atoms with Gasteiger partial charge in [-0.25, -0.2) is 4.39 Å². The van der Waals surface area contributed by atoms with Crippen LogP contribution in [0.2, 0.25) is 0 Å². The number of hydrogen-bond acceptors (Lipinski definition) is 1. The molecular formula is C16H18FN2O+. The van der Waals surface area contributed by atoms with Crippen LogP contribution in [0.25, 0.3) is 0 Å². The van der Waals surface area contributed by atoms with Crippen LogP contribution in [0.15, 0.2) is 42.7 Å². The lowest BCUT2D eigenvalue weighted by Gasteiger charge is -2.04. The standard InChI is InChI=1S/C16H17FN2O/c1-3-13-6-8-19(9-7-13)11-16(20)18-14-5-4-12(2)15(17)10-14/h4-10H,3,11H2,1-2H3/p+1. The van der Waals surface area contributed by atoms with Crippen molar-refractivity contribution in [3.8, 4) is 0 Å². The van der Waals surface area contributed by atoms with Gasteiger partial charge in [0.25, 0.3) is 5.91 Å². The van der Waals surface area contributed by atoms with E-state index < -0.39 is 0 Å². The highest BCUT2D eigenvalue weighted by atomic mass is 19.1. The van der Waals surface area contributed by atoms with Gasteiger partial charge in [0, 0.05) is 17.8 Å². The predicted octanol–water partition coefficient (Wildman–Crippen LogP) is 2.62.